The number of hydrogen-bond acceptors (Lipinski definition) is 0. The SMILES string of the molecule is CCCCCCCCCCCCCCc1n(CCCCC)cc[n+]1Cc1ccccc1. The summed E-state index contributed by atoms with van der Waals surface area (Å²) in [5.74, 6) is 1.52. The summed E-state index contributed by atoms with van der Waals surface area (Å²) >= 11 is 0. The van der Waals surface area contributed by atoms with E-state index in [1.165, 1.54) is 121 Å². The first-order valence-electron chi connectivity index (χ1n) is 13.5. The number of imidazole rings is 1. The molecule has 0 saturated carbocycles. The van der Waals surface area contributed by atoms with Gasteiger partial charge in [-0.2, -0.15) is 0 Å². The van der Waals surface area contributed by atoms with Crippen LogP contribution in [-0.2, 0) is 19.5 Å². The third-order valence-corrected chi connectivity index (χ3v) is 6.54. The molecule has 2 heteroatoms. The Kier molecular flexibility index (Phi) is 14.1. The molecule has 0 aliphatic carbocycles. The molecule has 0 aliphatic rings. The molecule has 1 heterocycles. The number of unbranched alkanes of at least 4 members (excludes halogenated alkanes) is 13. The molecule has 0 spiro atoms. The van der Waals surface area contributed by atoms with Gasteiger partial charge in [-0.25, -0.2) is 9.13 Å². The third kappa shape index (κ3) is 11.0. The van der Waals surface area contributed by atoms with Crippen molar-refractivity contribution in [1.29, 1.82) is 0 Å². The molecule has 0 atom stereocenters. The molecular weight excluding hydrogens is 376 g/mol. The fraction of sp³-hybridized carbons (Fsp3) is 0.690. The molecule has 1 aromatic heterocycles. The molecule has 0 amide bonds. The summed E-state index contributed by atoms with van der Waals surface area (Å²) < 4.78 is 5.01. The molecule has 0 radical (unpaired) electrons. The molecule has 0 fully saturated rings. The Morgan fingerprint density at radius 1 is 0.645 bits per heavy atom. The van der Waals surface area contributed by atoms with Crippen LogP contribution >= 0.6 is 0 Å². The van der Waals surface area contributed by atoms with Crippen molar-refractivity contribution in [2.75, 3.05) is 0 Å². The highest BCUT2D eigenvalue weighted by Crippen LogP contribution is 2.13. The summed E-state index contributed by atoms with van der Waals surface area (Å²) in [5.41, 5.74) is 1.40. The van der Waals surface area contributed by atoms with Crippen LogP contribution in [0.1, 0.15) is 122 Å². The van der Waals surface area contributed by atoms with E-state index >= 15 is 0 Å². The Morgan fingerprint density at radius 3 is 1.81 bits per heavy atom. The van der Waals surface area contributed by atoms with Gasteiger partial charge in [0.1, 0.15) is 18.9 Å². The number of benzene rings is 1. The highest BCUT2D eigenvalue weighted by molar-refractivity contribution is 5.13. The van der Waals surface area contributed by atoms with Gasteiger partial charge in [-0.1, -0.05) is 121 Å². The van der Waals surface area contributed by atoms with Gasteiger partial charge in [-0.3, -0.25) is 0 Å². The largest absolute Gasteiger partial charge is 0.256 e. The van der Waals surface area contributed by atoms with Crippen LogP contribution in [-0.4, -0.2) is 4.57 Å². The maximum Gasteiger partial charge on any atom is 0.256 e. The van der Waals surface area contributed by atoms with E-state index in [-0.39, 0.29) is 0 Å². The topological polar surface area (TPSA) is 8.81 Å². The standard InChI is InChI=1S/C29H49N2/c1-3-5-7-8-9-10-11-12-13-14-15-19-23-29-30(24-20-6-4-2)25-26-31(29)27-28-21-17-16-18-22-28/h16-18,21-22,25-26H,3-15,19-20,23-24,27H2,1-2H3/q+1. The van der Waals surface area contributed by atoms with Gasteiger partial charge in [0.2, 0.25) is 0 Å². The van der Waals surface area contributed by atoms with E-state index in [1.807, 2.05) is 0 Å². The molecule has 2 rings (SSSR count). The van der Waals surface area contributed by atoms with E-state index in [0.717, 1.165) is 6.54 Å². The zero-order valence-corrected chi connectivity index (χ0v) is 20.7. The van der Waals surface area contributed by atoms with E-state index in [2.05, 4.69) is 65.7 Å². The van der Waals surface area contributed by atoms with Crippen LogP contribution in [0.25, 0.3) is 0 Å². The van der Waals surface area contributed by atoms with Gasteiger partial charge in [0.25, 0.3) is 5.82 Å². The molecule has 0 aliphatic heterocycles. The second kappa shape index (κ2) is 17.0. The lowest BCUT2D eigenvalue weighted by Crippen LogP contribution is -2.37. The summed E-state index contributed by atoms with van der Waals surface area (Å²) in [6.07, 6.45) is 26.7. The minimum absolute atomic E-state index is 0.995. The molecule has 2 aromatic rings. The lowest BCUT2D eigenvalue weighted by molar-refractivity contribution is -0.695. The van der Waals surface area contributed by atoms with E-state index < -0.39 is 0 Å². The molecule has 0 N–H and O–H groups in total. The Hall–Kier alpha value is -1.57. The van der Waals surface area contributed by atoms with Crippen LogP contribution in [0.3, 0.4) is 0 Å². The average Bonchev–Trinajstić information content (AvgIpc) is 3.16. The lowest BCUT2D eigenvalue weighted by Gasteiger charge is -2.07. The van der Waals surface area contributed by atoms with Crippen LogP contribution in [0, 0.1) is 0 Å². The van der Waals surface area contributed by atoms with Gasteiger partial charge >= 0.3 is 0 Å². The smallest absolute Gasteiger partial charge is 0.234 e. The number of rotatable bonds is 19. The minimum Gasteiger partial charge on any atom is -0.234 e. The Bertz CT molecular complexity index is 659. The number of aryl methyl sites for hydroxylation is 1. The predicted octanol–water partition coefficient (Wildman–Crippen LogP) is 8.26. The van der Waals surface area contributed by atoms with Crippen LogP contribution in [0.15, 0.2) is 42.7 Å². The lowest BCUT2D eigenvalue weighted by atomic mass is 10.0. The highest BCUT2D eigenvalue weighted by atomic mass is 15.1. The quantitative estimate of drug-likeness (QED) is 0.158. The molecule has 0 unspecified atom stereocenters. The normalized spacial score (nSPS) is 11.3. The van der Waals surface area contributed by atoms with Gasteiger partial charge in [0, 0.05) is 6.42 Å². The zero-order chi connectivity index (χ0) is 22.0. The van der Waals surface area contributed by atoms with E-state index in [9.17, 15) is 0 Å². The summed E-state index contributed by atoms with van der Waals surface area (Å²) in [6, 6.07) is 10.9. The van der Waals surface area contributed by atoms with Crippen molar-refractivity contribution in [2.24, 2.45) is 0 Å². The molecule has 0 saturated heterocycles. The van der Waals surface area contributed by atoms with Crippen molar-refractivity contribution in [3.05, 3.63) is 54.1 Å². The Balaban J connectivity index is 1.69. The Labute approximate surface area is 193 Å². The van der Waals surface area contributed by atoms with Crippen molar-refractivity contribution in [3.8, 4) is 0 Å². The van der Waals surface area contributed by atoms with Gasteiger partial charge in [-0.05, 0) is 24.8 Å². The fourth-order valence-corrected chi connectivity index (χ4v) is 4.57. The van der Waals surface area contributed by atoms with Gasteiger partial charge in [0.05, 0.1) is 6.54 Å². The highest BCUT2D eigenvalue weighted by Gasteiger charge is 2.16. The second-order valence-electron chi connectivity index (χ2n) is 9.37. The van der Waals surface area contributed by atoms with Crippen LogP contribution in [0.4, 0.5) is 0 Å². The van der Waals surface area contributed by atoms with Crippen molar-refractivity contribution in [2.45, 2.75) is 130 Å². The van der Waals surface area contributed by atoms with Crippen LogP contribution in [0.2, 0.25) is 0 Å². The van der Waals surface area contributed by atoms with Gasteiger partial charge in [0.15, 0.2) is 0 Å². The van der Waals surface area contributed by atoms with E-state index in [0.29, 0.717) is 0 Å². The molecule has 2 nitrogen and oxygen atoms in total. The second-order valence-corrected chi connectivity index (χ2v) is 9.37. The Morgan fingerprint density at radius 2 is 1.19 bits per heavy atom. The van der Waals surface area contributed by atoms with Gasteiger partial charge < -0.3 is 0 Å². The molecule has 1 aromatic carbocycles. The zero-order valence-electron chi connectivity index (χ0n) is 20.7. The summed E-state index contributed by atoms with van der Waals surface area (Å²) in [6.45, 7) is 6.75. The first-order chi connectivity index (χ1) is 15.3. The monoisotopic (exact) mass is 425 g/mol. The summed E-state index contributed by atoms with van der Waals surface area (Å²) in [4.78, 5) is 0. The van der Waals surface area contributed by atoms with Crippen LogP contribution in [0.5, 0.6) is 0 Å². The van der Waals surface area contributed by atoms with Gasteiger partial charge in [-0.15, -0.1) is 0 Å². The van der Waals surface area contributed by atoms with Crippen molar-refractivity contribution < 1.29 is 4.57 Å². The number of nitrogens with zero attached hydrogens (tertiary/aromatic N) is 2. The molecule has 0 bridgehead atoms. The summed E-state index contributed by atoms with van der Waals surface area (Å²) in [5, 5.41) is 0. The number of aromatic nitrogens is 2. The third-order valence-electron chi connectivity index (χ3n) is 6.54. The van der Waals surface area contributed by atoms with Crippen molar-refractivity contribution >= 4 is 0 Å². The molecule has 174 valence electrons. The summed E-state index contributed by atoms with van der Waals surface area (Å²) in [7, 11) is 0. The average molecular weight is 426 g/mol. The maximum absolute atomic E-state index is 2.52. The first-order valence-corrected chi connectivity index (χ1v) is 13.5. The van der Waals surface area contributed by atoms with Crippen LogP contribution < -0.4 is 4.57 Å². The fourth-order valence-electron chi connectivity index (χ4n) is 4.57. The number of hydrogen-bond donors (Lipinski definition) is 0. The molecular formula is C29H49N2+. The first kappa shape index (κ1) is 25.7. The predicted molar refractivity (Wildman–Crippen MR) is 134 cm³/mol. The van der Waals surface area contributed by atoms with Crippen molar-refractivity contribution in [3.63, 3.8) is 0 Å². The molecule has 31 heavy (non-hydrogen) atoms. The maximum atomic E-state index is 2.52. The minimum atomic E-state index is 0.995. The van der Waals surface area contributed by atoms with E-state index in [4.69, 9.17) is 0 Å². The van der Waals surface area contributed by atoms with Crippen molar-refractivity contribution in [1.82, 2.24) is 4.57 Å². The van der Waals surface area contributed by atoms with E-state index in [1.54, 1.807) is 0 Å².